The molecule has 98 heavy (non-hydrogen) atoms. The van der Waals surface area contributed by atoms with E-state index in [4.69, 9.17) is 37.0 Å². The Hall–Kier alpha value is -2.72. The van der Waals surface area contributed by atoms with Crippen molar-refractivity contribution in [3.63, 3.8) is 0 Å². The normalized spacial score (nSPS) is 14.1. The van der Waals surface area contributed by atoms with E-state index in [1.54, 1.807) is 0 Å². The van der Waals surface area contributed by atoms with Crippen LogP contribution in [0.2, 0.25) is 0 Å². The van der Waals surface area contributed by atoms with Gasteiger partial charge in [0.15, 0.2) is 12.2 Å². The van der Waals surface area contributed by atoms with Crippen molar-refractivity contribution in [2.45, 2.75) is 406 Å². The lowest BCUT2D eigenvalue weighted by Crippen LogP contribution is -2.30. The fraction of sp³-hybridized carbons (Fsp3) is 0.873. The maximum atomic E-state index is 13.1. The van der Waals surface area contributed by atoms with Crippen LogP contribution in [0.25, 0.3) is 0 Å². The zero-order chi connectivity index (χ0) is 71.8. The first-order chi connectivity index (χ1) is 47.7. The topological polar surface area (TPSA) is 237 Å². The van der Waals surface area contributed by atoms with Crippen LogP contribution in [0.15, 0.2) is 36.5 Å². The van der Waals surface area contributed by atoms with Crippen molar-refractivity contribution in [2.75, 3.05) is 39.6 Å². The number of aliphatic hydroxyl groups is 1. The molecule has 17 nitrogen and oxygen atoms in total. The first kappa shape index (κ1) is 95.3. The van der Waals surface area contributed by atoms with Crippen LogP contribution >= 0.6 is 15.6 Å². The summed E-state index contributed by atoms with van der Waals surface area (Å²) in [6.45, 7) is 4.91. The smallest absolute Gasteiger partial charge is 0.462 e. The van der Waals surface area contributed by atoms with Crippen molar-refractivity contribution in [2.24, 2.45) is 0 Å². The maximum Gasteiger partial charge on any atom is 0.472 e. The van der Waals surface area contributed by atoms with Gasteiger partial charge >= 0.3 is 39.5 Å². The van der Waals surface area contributed by atoms with Crippen molar-refractivity contribution in [1.29, 1.82) is 0 Å². The predicted molar refractivity (Wildman–Crippen MR) is 400 cm³/mol. The highest BCUT2D eigenvalue weighted by atomic mass is 31.2. The average Bonchev–Trinajstić information content (AvgIpc) is 0.959. The summed E-state index contributed by atoms with van der Waals surface area (Å²) in [7, 11) is -9.93. The van der Waals surface area contributed by atoms with Gasteiger partial charge in [0, 0.05) is 25.7 Å². The van der Waals surface area contributed by atoms with Crippen LogP contribution in [0.1, 0.15) is 387 Å². The molecule has 0 saturated carbocycles. The van der Waals surface area contributed by atoms with Crippen LogP contribution in [0.4, 0.5) is 0 Å². The number of esters is 4. The molecule has 19 heteroatoms. The number of phosphoric acid groups is 2. The molecule has 0 saturated heterocycles. The highest BCUT2D eigenvalue weighted by Crippen LogP contribution is 2.45. The number of rotatable bonds is 77. The van der Waals surface area contributed by atoms with E-state index in [0.717, 1.165) is 141 Å². The molecule has 0 heterocycles. The lowest BCUT2D eigenvalue weighted by Gasteiger charge is -2.21. The first-order valence-corrected chi connectivity index (χ1v) is 43.2. The van der Waals surface area contributed by atoms with E-state index in [1.165, 1.54) is 167 Å². The fourth-order valence-corrected chi connectivity index (χ4v) is 13.0. The van der Waals surface area contributed by atoms with Gasteiger partial charge in [-0.15, -0.1) is 0 Å². The number of phosphoric ester groups is 2. The Labute approximate surface area is 598 Å². The number of carbonyl (C=O) groups is 4. The Kier molecular flexibility index (Phi) is 70.6. The molecule has 3 N–H and O–H groups in total. The van der Waals surface area contributed by atoms with Gasteiger partial charge in [0.1, 0.15) is 19.3 Å². The third-order valence-corrected chi connectivity index (χ3v) is 19.5. The molecule has 0 aromatic rings. The van der Waals surface area contributed by atoms with Gasteiger partial charge in [0.05, 0.1) is 26.4 Å². The first-order valence-electron chi connectivity index (χ1n) is 40.2. The van der Waals surface area contributed by atoms with Gasteiger partial charge in [-0.25, -0.2) is 9.13 Å². The zero-order valence-corrected chi connectivity index (χ0v) is 64.8. The van der Waals surface area contributed by atoms with E-state index in [1.807, 2.05) is 0 Å². The van der Waals surface area contributed by atoms with Crippen molar-refractivity contribution < 1.29 is 80.2 Å². The maximum absolute atomic E-state index is 13.1. The molecular formula is C79H148O17P2. The minimum Gasteiger partial charge on any atom is -0.462 e. The number of allylic oxidation sites excluding steroid dienone is 6. The summed E-state index contributed by atoms with van der Waals surface area (Å²) in [6.07, 6.45) is 68.3. The molecule has 0 spiro atoms. The Bertz CT molecular complexity index is 2000. The van der Waals surface area contributed by atoms with Crippen molar-refractivity contribution in [3.8, 4) is 0 Å². The summed E-state index contributed by atoms with van der Waals surface area (Å²) in [5.41, 5.74) is 0. The molecular weight excluding hydrogens is 1280 g/mol. The standard InChI is InChI=1S/C79H148O17P2/c1-5-9-13-17-21-25-29-33-36-40-43-47-51-55-59-63-76(81)89-69-74(95-78(83)65-61-57-53-49-45-39-32-28-24-20-16-12-8-4)71-93-97(85,86)91-67-73(80)68-92-98(87,88)94-72-75(96-79(84)66-62-58-54-50-46-42-38-35-31-27-23-19-15-11-7-3)70-90-77(82)64-60-56-52-48-44-41-37-34-30-26-22-18-14-10-6-2/h25-26,28-30,32,73-75,80H,5-24,27,31,33-72H2,1-4H3,(H,85,86)(H,87,88)/b29-25-,30-26-,32-28-/t73-,74-,75-/m1/s1. The van der Waals surface area contributed by atoms with Gasteiger partial charge in [0.2, 0.25) is 0 Å². The number of carbonyl (C=O) groups excluding carboxylic acids is 4. The second-order valence-corrected chi connectivity index (χ2v) is 30.3. The molecule has 0 fully saturated rings. The molecule has 0 aliphatic carbocycles. The summed E-state index contributed by atoms with van der Waals surface area (Å²) in [4.78, 5) is 72.9. The highest BCUT2D eigenvalue weighted by Gasteiger charge is 2.30. The second-order valence-electron chi connectivity index (χ2n) is 27.4. The van der Waals surface area contributed by atoms with Crippen LogP contribution in [0.3, 0.4) is 0 Å². The number of aliphatic hydroxyl groups excluding tert-OH is 1. The summed E-state index contributed by atoms with van der Waals surface area (Å²) >= 11 is 0. The predicted octanol–water partition coefficient (Wildman–Crippen LogP) is 23.1. The van der Waals surface area contributed by atoms with Crippen LogP contribution < -0.4 is 0 Å². The minimum atomic E-state index is -4.97. The summed E-state index contributed by atoms with van der Waals surface area (Å²) in [5.74, 6) is -2.15. The van der Waals surface area contributed by atoms with E-state index in [9.17, 15) is 43.2 Å². The van der Waals surface area contributed by atoms with Gasteiger partial charge in [-0.1, -0.05) is 295 Å². The molecule has 2 unspecified atom stereocenters. The van der Waals surface area contributed by atoms with E-state index in [2.05, 4.69) is 64.2 Å². The quantitative estimate of drug-likeness (QED) is 0.0169. The van der Waals surface area contributed by atoms with Crippen LogP contribution in [-0.4, -0.2) is 96.7 Å². The Morgan fingerprint density at radius 1 is 0.276 bits per heavy atom. The lowest BCUT2D eigenvalue weighted by atomic mass is 10.0. The molecule has 0 aliphatic rings. The Balaban J connectivity index is 5.30. The van der Waals surface area contributed by atoms with Gasteiger partial charge in [-0.05, 0) is 103 Å². The Morgan fingerprint density at radius 3 is 0.714 bits per heavy atom. The molecule has 0 aliphatic heterocycles. The van der Waals surface area contributed by atoms with Crippen LogP contribution in [0, 0.1) is 0 Å². The largest absolute Gasteiger partial charge is 0.472 e. The number of hydrogen-bond donors (Lipinski definition) is 3. The number of ether oxygens (including phenoxy) is 4. The summed E-state index contributed by atoms with van der Waals surface area (Å²) in [5, 5.41) is 10.6. The third-order valence-electron chi connectivity index (χ3n) is 17.6. The molecule has 576 valence electrons. The lowest BCUT2D eigenvalue weighted by molar-refractivity contribution is -0.161. The molecule has 0 aromatic carbocycles. The third kappa shape index (κ3) is 71.7. The molecule has 5 atom stereocenters. The molecule has 0 bridgehead atoms. The van der Waals surface area contributed by atoms with Gasteiger partial charge < -0.3 is 33.8 Å². The zero-order valence-electron chi connectivity index (χ0n) is 63.0. The monoisotopic (exact) mass is 1430 g/mol. The van der Waals surface area contributed by atoms with Gasteiger partial charge in [-0.2, -0.15) is 0 Å². The molecule has 0 amide bonds. The van der Waals surface area contributed by atoms with E-state index in [0.29, 0.717) is 25.7 Å². The number of unbranched alkanes of at least 4 members (excludes halogenated alkanes) is 45. The molecule has 0 aromatic heterocycles. The fourth-order valence-electron chi connectivity index (χ4n) is 11.4. The summed E-state index contributed by atoms with van der Waals surface area (Å²) in [6, 6.07) is 0. The van der Waals surface area contributed by atoms with Gasteiger partial charge in [-0.3, -0.25) is 37.3 Å². The van der Waals surface area contributed by atoms with Crippen molar-refractivity contribution >= 4 is 39.5 Å². The van der Waals surface area contributed by atoms with E-state index in [-0.39, 0.29) is 25.7 Å². The Morgan fingerprint density at radius 2 is 0.469 bits per heavy atom. The SMILES string of the molecule is CCCCCC/C=C\CCCCCCCCCC(=O)OC[C@H](COP(=O)(O)OC[C@@H](O)COP(=O)(O)OC[C@@H](COC(=O)CCCCCCCCC/C=C\CCCCCC)OC(=O)CCCCCCCCCCCCCCCCC)OC(=O)CCCCCCC/C=C\CCCCCC. The highest BCUT2D eigenvalue weighted by molar-refractivity contribution is 7.47. The van der Waals surface area contributed by atoms with E-state index < -0.39 is 97.5 Å². The number of hydrogen-bond acceptors (Lipinski definition) is 15. The van der Waals surface area contributed by atoms with Crippen molar-refractivity contribution in [1.82, 2.24) is 0 Å². The van der Waals surface area contributed by atoms with Crippen molar-refractivity contribution in [3.05, 3.63) is 36.5 Å². The van der Waals surface area contributed by atoms with Crippen LogP contribution in [-0.2, 0) is 65.4 Å². The minimum absolute atomic E-state index is 0.0904. The molecule has 0 rings (SSSR count). The summed E-state index contributed by atoms with van der Waals surface area (Å²) < 4.78 is 68.6. The average molecular weight is 1430 g/mol. The van der Waals surface area contributed by atoms with Gasteiger partial charge in [0.25, 0.3) is 0 Å². The second kappa shape index (κ2) is 72.6. The molecule has 0 radical (unpaired) electrons. The van der Waals surface area contributed by atoms with Crippen LogP contribution in [0.5, 0.6) is 0 Å². The van der Waals surface area contributed by atoms with E-state index >= 15 is 0 Å².